The lowest BCUT2D eigenvalue weighted by Gasteiger charge is -2.26. The van der Waals surface area contributed by atoms with E-state index in [0.29, 0.717) is 0 Å². The van der Waals surface area contributed by atoms with Crippen molar-refractivity contribution in [3.8, 4) is 22.3 Å². The van der Waals surface area contributed by atoms with Gasteiger partial charge in [-0.3, -0.25) is 0 Å². The van der Waals surface area contributed by atoms with Crippen LogP contribution in [0.5, 0.6) is 0 Å². The summed E-state index contributed by atoms with van der Waals surface area (Å²) in [5, 5.41) is 7.33. The molecule has 0 N–H and O–H groups in total. The maximum absolute atomic E-state index is 6.51. The molecule has 8 aromatic carbocycles. The molecular weight excluding hydrogens is 615 g/mol. The first kappa shape index (κ1) is 27.9. The Kier molecular flexibility index (Phi) is 6.39. The molecule has 2 heterocycles. The summed E-state index contributed by atoms with van der Waals surface area (Å²) in [5.41, 5.74) is 9.96. The van der Waals surface area contributed by atoms with Crippen LogP contribution < -0.4 is 4.90 Å². The van der Waals surface area contributed by atoms with Gasteiger partial charge >= 0.3 is 0 Å². The summed E-state index contributed by atoms with van der Waals surface area (Å²) in [7, 11) is 0. The first-order valence-corrected chi connectivity index (χ1v) is 17.4. The Morgan fingerprint density at radius 1 is 0.408 bits per heavy atom. The van der Waals surface area contributed by atoms with Gasteiger partial charge in [-0.2, -0.15) is 0 Å². The first-order chi connectivity index (χ1) is 24.3. The molecule has 10 aromatic rings. The summed E-state index contributed by atoms with van der Waals surface area (Å²) in [6.07, 6.45) is 0. The zero-order valence-corrected chi connectivity index (χ0v) is 27.3. The third-order valence-electron chi connectivity index (χ3n) is 9.66. The van der Waals surface area contributed by atoms with Crippen molar-refractivity contribution in [3.63, 3.8) is 0 Å². The molecule has 10 rings (SSSR count). The van der Waals surface area contributed by atoms with Crippen LogP contribution in [0.3, 0.4) is 0 Å². The van der Waals surface area contributed by atoms with Gasteiger partial charge in [0.25, 0.3) is 0 Å². The average molecular weight is 644 g/mol. The highest BCUT2D eigenvalue weighted by Gasteiger charge is 2.19. The predicted molar refractivity (Wildman–Crippen MR) is 210 cm³/mol. The Morgan fingerprint density at radius 2 is 1.06 bits per heavy atom. The molecule has 2 aromatic heterocycles. The molecule has 49 heavy (non-hydrogen) atoms. The van der Waals surface area contributed by atoms with Crippen LogP contribution in [0.4, 0.5) is 17.1 Å². The van der Waals surface area contributed by atoms with E-state index < -0.39 is 0 Å². The van der Waals surface area contributed by atoms with Gasteiger partial charge in [0.05, 0.1) is 10.4 Å². The van der Waals surface area contributed by atoms with Gasteiger partial charge in [0.2, 0.25) is 0 Å². The van der Waals surface area contributed by atoms with Crippen LogP contribution in [0.2, 0.25) is 0 Å². The van der Waals surface area contributed by atoms with Crippen molar-refractivity contribution >= 4 is 81.3 Å². The largest absolute Gasteiger partial charge is 0.456 e. The van der Waals surface area contributed by atoms with Crippen LogP contribution in [0.1, 0.15) is 0 Å². The highest BCUT2D eigenvalue weighted by molar-refractivity contribution is 7.26. The second-order valence-electron chi connectivity index (χ2n) is 12.5. The van der Waals surface area contributed by atoms with Crippen LogP contribution in [0.25, 0.3) is 75.1 Å². The number of anilines is 3. The van der Waals surface area contributed by atoms with Crippen molar-refractivity contribution in [1.29, 1.82) is 0 Å². The van der Waals surface area contributed by atoms with E-state index >= 15 is 0 Å². The van der Waals surface area contributed by atoms with Gasteiger partial charge in [0.1, 0.15) is 11.2 Å². The van der Waals surface area contributed by atoms with Crippen molar-refractivity contribution in [2.75, 3.05) is 4.90 Å². The number of nitrogens with zero attached hydrogens (tertiary/aromatic N) is 1. The van der Waals surface area contributed by atoms with Gasteiger partial charge in [-0.25, -0.2) is 0 Å². The maximum Gasteiger partial charge on any atom is 0.136 e. The molecule has 0 radical (unpaired) electrons. The Hall–Kier alpha value is -6.16. The van der Waals surface area contributed by atoms with Crippen LogP contribution in [-0.2, 0) is 0 Å². The van der Waals surface area contributed by atoms with Crippen LogP contribution >= 0.6 is 11.3 Å². The van der Waals surface area contributed by atoms with Gasteiger partial charge < -0.3 is 9.32 Å². The summed E-state index contributed by atoms with van der Waals surface area (Å²) in [4.78, 5) is 2.38. The van der Waals surface area contributed by atoms with E-state index in [-0.39, 0.29) is 0 Å². The first-order valence-electron chi connectivity index (χ1n) is 16.6. The van der Waals surface area contributed by atoms with Crippen LogP contribution in [0, 0.1) is 0 Å². The van der Waals surface area contributed by atoms with Crippen molar-refractivity contribution in [3.05, 3.63) is 176 Å². The van der Waals surface area contributed by atoms with Gasteiger partial charge in [0.15, 0.2) is 0 Å². The summed E-state index contributed by atoms with van der Waals surface area (Å²) in [6, 6.07) is 63.0. The molecule has 0 unspecified atom stereocenters. The van der Waals surface area contributed by atoms with Crippen LogP contribution in [-0.4, -0.2) is 0 Å². The summed E-state index contributed by atoms with van der Waals surface area (Å²) in [5.74, 6) is 0. The van der Waals surface area contributed by atoms with Crippen LogP contribution in [0.15, 0.2) is 180 Å². The molecule has 0 bridgehead atoms. The normalized spacial score (nSPS) is 11.7. The lowest BCUT2D eigenvalue weighted by molar-refractivity contribution is 0.669. The number of hydrogen-bond donors (Lipinski definition) is 0. The Bertz CT molecular complexity index is 2810. The van der Waals surface area contributed by atoms with Gasteiger partial charge in [-0.1, -0.05) is 121 Å². The Balaban J connectivity index is 1.10. The summed E-state index contributed by atoms with van der Waals surface area (Å²) in [6.45, 7) is 0. The topological polar surface area (TPSA) is 16.4 Å². The minimum atomic E-state index is 0.900. The molecule has 0 spiro atoms. The molecular formula is C46H29NOS. The SMILES string of the molecule is c1ccc(-c2cc3oc4ccc(-c5ccc(N(c6ccccc6)c6cccc7c6sc6ccccc67)cc5)cc4c3c3ccccc23)cc1. The lowest BCUT2D eigenvalue weighted by Crippen LogP contribution is -2.09. The lowest BCUT2D eigenvalue weighted by atomic mass is 9.94. The minimum Gasteiger partial charge on any atom is -0.456 e. The zero-order chi connectivity index (χ0) is 32.3. The fraction of sp³-hybridized carbons (Fsp3) is 0. The minimum absolute atomic E-state index is 0.900. The molecule has 0 aliphatic rings. The second-order valence-corrected chi connectivity index (χ2v) is 13.5. The quantitative estimate of drug-likeness (QED) is 0.186. The highest BCUT2D eigenvalue weighted by atomic mass is 32.1. The molecule has 0 saturated heterocycles. The molecule has 0 fully saturated rings. The molecule has 0 aliphatic heterocycles. The standard InChI is InChI=1S/C46H29NOS/c1-3-12-31(13-4-1)39-29-43-45(37-18-8-7-16-35(37)39)40-28-32(24-27-42(40)48-43)30-22-25-34(26-23-30)47(33-14-5-2-6-15-33)41-20-11-19-38-36-17-9-10-21-44(36)49-46(38)41/h1-29H. The number of hydrogen-bond acceptors (Lipinski definition) is 3. The van der Waals surface area contributed by atoms with Gasteiger partial charge in [-0.15, -0.1) is 11.3 Å². The third-order valence-corrected chi connectivity index (χ3v) is 10.9. The van der Waals surface area contributed by atoms with E-state index in [9.17, 15) is 0 Å². The average Bonchev–Trinajstić information content (AvgIpc) is 3.74. The molecule has 0 saturated carbocycles. The summed E-state index contributed by atoms with van der Waals surface area (Å²) >= 11 is 1.86. The number of fused-ring (bicyclic) bond motifs is 8. The van der Waals surface area contributed by atoms with Gasteiger partial charge in [0, 0.05) is 37.6 Å². The van der Waals surface area contributed by atoms with E-state index in [4.69, 9.17) is 4.42 Å². The molecule has 2 nitrogen and oxygen atoms in total. The Morgan fingerprint density at radius 3 is 1.88 bits per heavy atom. The fourth-order valence-electron chi connectivity index (χ4n) is 7.39. The predicted octanol–water partition coefficient (Wildman–Crippen LogP) is 13.9. The van der Waals surface area contributed by atoms with Gasteiger partial charge in [-0.05, 0) is 87.6 Å². The van der Waals surface area contributed by atoms with E-state index in [2.05, 4.69) is 181 Å². The molecule has 0 aliphatic carbocycles. The van der Waals surface area contributed by atoms with Crippen molar-refractivity contribution < 1.29 is 4.42 Å². The Labute approximate surface area is 287 Å². The summed E-state index contributed by atoms with van der Waals surface area (Å²) < 4.78 is 9.11. The molecule has 230 valence electrons. The number of rotatable bonds is 5. The fourth-order valence-corrected chi connectivity index (χ4v) is 8.60. The highest BCUT2D eigenvalue weighted by Crippen LogP contribution is 2.45. The van der Waals surface area contributed by atoms with E-state index in [1.54, 1.807) is 0 Å². The third kappa shape index (κ3) is 4.55. The number of thiophene rings is 1. The second kappa shape index (κ2) is 11.2. The molecule has 0 amide bonds. The monoisotopic (exact) mass is 643 g/mol. The van der Waals surface area contributed by atoms with Crippen molar-refractivity contribution in [2.24, 2.45) is 0 Å². The number of para-hydroxylation sites is 1. The molecule has 3 heteroatoms. The van der Waals surface area contributed by atoms with E-state index in [1.165, 1.54) is 53.3 Å². The maximum atomic E-state index is 6.51. The van der Waals surface area contributed by atoms with E-state index in [0.717, 1.165) is 38.9 Å². The van der Waals surface area contributed by atoms with Crippen molar-refractivity contribution in [2.45, 2.75) is 0 Å². The van der Waals surface area contributed by atoms with E-state index in [1.807, 2.05) is 11.3 Å². The number of benzene rings is 8. The molecule has 0 atom stereocenters. The zero-order valence-electron chi connectivity index (χ0n) is 26.5. The smallest absolute Gasteiger partial charge is 0.136 e. The van der Waals surface area contributed by atoms with Crippen molar-refractivity contribution in [1.82, 2.24) is 0 Å². The number of furan rings is 1.